The van der Waals surface area contributed by atoms with Crippen molar-refractivity contribution in [2.24, 2.45) is 0 Å². The lowest BCUT2D eigenvalue weighted by molar-refractivity contribution is 0.346. The molecule has 4 heterocycles. The van der Waals surface area contributed by atoms with Gasteiger partial charge >= 0.3 is 0 Å². The van der Waals surface area contributed by atoms with Crippen molar-refractivity contribution in [3.8, 4) is 56.7 Å². The highest BCUT2D eigenvalue weighted by molar-refractivity contribution is 5.77. The summed E-state index contributed by atoms with van der Waals surface area (Å²) in [5.41, 5.74) is 12.1. The third-order valence-electron chi connectivity index (χ3n) is 10.8. The molecule has 0 amide bonds. The maximum atomic E-state index is 5.09. The largest absolute Gasteiger partial charge is 0.264 e. The SMILES string of the molecule is C1=CC(c2cc(-c3ccccn3)nc(-c3ccc(C4(c5ccc(-c6nc(-c7ccccc7)cc(-c7cccnc7)n6)cc5)CCCCC4)cc3)n2)=CCC1. The van der Waals surface area contributed by atoms with E-state index in [9.17, 15) is 0 Å². The van der Waals surface area contributed by atoms with Crippen molar-refractivity contribution in [2.45, 2.75) is 50.4 Å². The van der Waals surface area contributed by atoms with Crippen LogP contribution in [0.4, 0.5) is 0 Å². The highest BCUT2D eigenvalue weighted by Gasteiger charge is 2.35. The minimum atomic E-state index is -0.0809. The van der Waals surface area contributed by atoms with Gasteiger partial charge in [-0.05, 0) is 78.8 Å². The zero-order valence-corrected chi connectivity index (χ0v) is 30.1. The summed E-state index contributed by atoms with van der Waals surface area (Å²) in [5.74, 6) is 1.42. The molecule has 7 aromatic rings. The molecule has 54 heavy (non-hydrogen) atoms. The topological polar surface area (TPSA) is 77.3 Å². The van der Waals surface area contributed by atoms with Crippen LogP contribution in [0.2, 0.25) is 0 Å². The molecule has 0 spiro atoms. The van der Waals surface area contributed by atoms with E-state index < -0.39 is 0 Å². The number of pyridine rings is 2. The molecule has 9 rings (SSSR count). The lowest BCUT2D eigenvalue weighted by Gasteiger charge is -2.39. The van der Waals surface area contributed by atoms with Crippen LogP contribution in [0.15, 0.2) is 158 Å². The molecule has 0 unspecified atom stereocenters. The molecule has 0 radical (unpaired) electrons. The second kappa shape index (κ2) is 14.9. The molecule has 2 aliphatic carbocycles. The van der Waals surface area contributed by atoms with Crippen LogP contribution in [0.5, 0.6) is 0 Å². The van der Waals surface area contributed by atoms with E-state index in [1.54, 1.807) is 6.20 Å². The fraction of sp³-hybridized carbons (Fsp3) is 0.167. The summed E-state index contributed by atoms with van der Waals surface area (Å²) in [6.45, 7) is 0. The first-order chi connectivity index (χ1) is 26.7. The summed E-state index contributed by atoms with van der Waals surface area (Å²) in [6.07, 6.45) is 20.1. The van der Waals surface area contributed by atoms with Crippen LogP contribution in [0.3, 0.4) is 0 Å². The monoisotopic (exact) mass is 700 g/mol. The van der Waals surface area contributed by atoms with Gasteiger partial charge < -0.3 is 0 Å². The second-order valence-corrected chi connectivity index (χ2v) is 14.2. The Bertz CT molecular complexity index is 2380. The third-order valence-corrected chi connectivity index (χ3v) is 10.8. The predicted molar refractivity (Wildman–Crippen MR) is 217 cm³/mol. The molecule has 4 aromatic heterocycles. The van der Waals surface area contributed by atoms with Crippen molar-refractivity contribution in [3.63, 3.8) is 0 Å². The quantitative estimate of drug-likeness (QED) is 0.157. The number of hydrogen-bond acceptors (Lipinski definition) is 6. The van der Waals surface area contributed by atoms with Gasteiger partial charge in [-0.3, -0.25) is 9.97 Å². The maximum Gasteiger partial charge on any atom is 0.160 e. The molecule has 3 aromatic carbocycles. The Balaban J connectivity index is 1.07. The highest BCUT2D eigenvalue weighted by atomic mass is 14.9. The second-order valence-electron chi connectivity index (χ2n) is 14.2. The third kappa shape index (κ3) is 6.79. The normalized spacial score (nSPS) is 15.1. The number of benzene rings is 3. The molecule has 1 saturated carbocycles. The molecule has 0 saturated heterocycles. The average molecular weight is 701 g/mol. The van der Waals surface area contributed by atoms with E-state index in [0.29, 0.717) is 11.6 Å². The van der Waals surface area contributed by atoms with E-state index in [1.807, 2.05) is 60.9 Å². The van der Waals surface area contributed by atoms with Crippen LogP contribution in [-0.2, 0) is 5.41 Å². The minimum absolute atomic E-state index is 0.0809. The van der Waals surface area contributed by atoms with E-state index >= 15 is 0 Å². The summed E-state index contributed by atoms with van der Waals surface area (Å²) in [4.78, 5) is 29.2. The Kier molecular flexibility index (Phi) is 9.24. The minimum Gasteiger partial charge on any atom is -0.264 e. The summed E-state index contributed by atoms with van der Waals surface area (Å²) < 4.78 is 0. The van der Waals surface area contributed by atoms with Crippen LogP contribution < -0.4 is 0 Å². The van der Waals surface area contributed by atoms with Crippen molar-refractivity contribution in [1.82, 2.24) is 29.9 Å². The molecule has 1 fully saturated rings. The summed E-state index contributed by atoms with van der Waals surface area (Å²) in [5, 5.41) is 0. The van der Waals surface area contributed by atoms with E-state index in [-0.39, 0.29) is 5.41 Å². The van der Waals surface area contributed by atoms with Crippen molar-refractivity contribution in [1.29, 1.82) is 0 Å². The van der Waals surface area contributed by atoms with Crippen LogP contribution in [0, 0.1) is 0 Å². The van der Waals surface area contributed by atoms with Crippen molar-refractivity contribution < 1.29 is 0 Å². The number of nitrogens with zero attached hydrogens (tertiary/aromatic N) is 6. The number of aromatic nitrogens is 6. The van der Waals surface area contributed by atoms with E-state index in [4.69, 9.17) is 19.9 Å². The van der Waals surface area contributed by atoms with E-state index in [0.717, 1.165) is 82.0 Å². The Labute approximate surface area is 316 Å². The molecule has 0 aliphatic heterocycles. The fourth-order valence-electron chi connectivity index (χ4n) is 7.94. The average Bonchev–Trinajstić information content (AvgIpc) is 3.27. The molecule has 0 atom stereocenters. The van der Waals surface area contributed by atoms with E-state index in [1.165, 1.54) is 30.4 Å². The first-order valence-electron chi connectivity index (χ1n) is 19.0. The lowest BCUT2D eigenvalue weighted by atomic mass is 9.65. The Morgan fingerprint density at radius 3 is 1.72 bits per heavy atom. The van der Waals surface area contributed by atoms with Crippen molar-refractivity contribution >= 4 is 5.57 Å². The molecule has 262 valence electrons. The standard InChI is InChI=1S/C48H40N6/c1-4-13-34(14-5-1)42-31-44(38-17-12-29-49-33-38)53-46(51-42)36-19-23-39(24-20-36)48(27-9-3-10-28-48)40-25-21-37(22-26-40)47-52-43(35-15-6-2-7-16-35)32-45(54-47)41-18-8-11-30-50-41/h1,4-6,8,11-26,29-33H,2-3,7,9-10,27-28H2. The van der Waals surface area contributed by atoms with Gasteiger partial charge in [0.15, 0.2) is 11.6 Å². The zero-order valence-electron chi connectivity index (χ0n) is 30.1. The van der Waals surface area contributed by atoms with Crippen LogP contribution in [0.1, 0.15) is 61.8 Å². The van der Waals surface area contributed by atoms with Gasteiger partial charge in [-0.1, -0.05) is 122 Å². The Morgan fingerprint density at radius 1 is 0.463 bits per heavy atom. The van der Waals surface area contributed by atoms with Gasteiger partial charge in [-0.2, -0.15) is 0 Å². The zero-order chi connectivity index (χ0) is 36.2. The van der Waals surface area contributed by atoms with E-state index in [2.05, 4.69) is 101 Å². The van der Waals surface area contributed by atoms with Gasteiger partial charge in [0, 0.05) is 46.3 Å². The molecular formula is C48H40N6. The number of rotatable bonds is 8. The van der Waals surface area contributed by atoms with Gasteiger partial charge in [-0.15, -0.1) is 0 Å². The van der Waals surface area contributed by atoms with Crippen LogP contribution in [-0.4, -0.2) is 29.9 Å². The Hall–Kier alpha value is -6.40. The van der Waals surface area contributed by atoms with Gasteiger partial charge in [0.1, 0.15) is 0 Å². The number of hydrogen-bond donors (Lipinski definition) is 0. The molecular weight excluding hydrogens is 661 g/mol. The lowest BCUT2D eigenvalue weighted by Crippen LogP contribution is -2.30. The molecule has 0 N–H and O–H groups in total. The van der Waals surface area contributed by atoms with Gasteiger partial charge in [0.2, 0.25) is 0 Å². The Morgan fingerprint density at radius 2 is 1.09 bits per heavy atom. The smallest absolute Gasteiger partial charge is 0.160 e. The first-order valence-corrected chi connectivity index (χ1v) is 19.0. The maximum absolute atomic E-state index is 5.09. The number of allylic oxidation sites excluding steroid dienone is 4. The van der Waals surface area contributed by atoms with Crippen molar-refractivity contribution in [3.05, 3.63) is 175 Å². The van der Waals surface area contributed by atoms with Gasteiger partial charge in [0.25, 0.3) is 0 Å². The van der Waals surface area contributed by atoms with Gasteiger partial charge in [0.05, 0.1) is 28.5 Å². The summed E-state index contributed by atoms with van der Waals surface area (Å²) in [7, 11) is 0. The molecule has 2 aliphatic rings. The molecule has 0 bridgehead atoms. The molecule has 6 nitrogen and oxygen atoms in total. The predicted octanol–water partition coefficient (Wildman–Crippen LogP) is 11.4. The van der Waals surface area contributed by atoms with Crippen LogP contribution >= 0.6 is 0 Å². The molecule has 6 heteroatoms. The van der Waals surface area contributed by atoms with Crippen molar-refractivity contribution in [2.75, 3.05) is 0 Å². The summed E-state index contributed by atoms with van der Waals surface area (Å²) >= 11 is 0. The first kappa shape index (κ1) is 33.4. The van der Waals surface area contributed by atoms with Crippen LogP contribution in [0.25, 0.3) is 62.3 Å². The van der Waals surface area contributed by atoms with Gasteiger partial charge in [-0.25, -0.2) is 19.9 Å². The fourth-order valence-corrected chi connectivity index (χ4v) is 7.94. The highest BCUT2D eigenvalue weighted by Crippen LogP contribution is 2.46. The summed E-state index contributed by atoms with van der Waals surface area (Å²) in [6, 6.07) is 42.4.